The van der Waals surface area contributed by atoms with Gasteiger partial charge in [-0.05, 0) is 6.42 Å². The fraction of sp³-hybridized carbons (Fsp3) is 0.556. The number of hydrogen-bond acceptors (Lipinski definition) is 5. The van der Waals surface area contributed by atoms with Gasteiger partial charge in [-0.25, -0.2) is 13.4 Å². The van der Waals surface area contributed by atoms with Crippen LogP contribution in [0.15, 0.2) is 12.4 Å². The van der Waals surface area contributed by atoms with Gasteiger partial charge in [-0.15, -0.1) is 0 Å². The predicted octanol–water partition coefficient (Wildman–Crippen LogP) is 0.0538. The maximum atomic E-state index is 11.6. The SMILES string of the molecule is CNc1cnc(CN2CCCS2(=O)=O)cn1. The van der Waals surface area contributed by atoms with E-state index < -0.39 is 10.0 Å². The van der Waals surface area contributed by atoms with E-state index in [0.717, 1.165) is 0 Å². The molecule has 0 amide bonds. The molecule has 88 valence electrons. The molecule has 0 unspecified atom stereocenters. The van der Waals surface area contributed by atoms with Crippen LogP contribution < -0.4 is 5.32 Å². The molecule has 1 saturated heterocycles. The highest BCUT2D eigenvalue weighted by molar-refractivity contribution is 7.89. The molecular formula is C9H14N4O2S. The molecule has 0 radical (unpaired) electrons. The second-order valence-electron chi connectivity index (χ2n) is 3.65. The molecule has 1 aromatic rings. The Labute approximate surface area is 94.8 Å². The van der Waals surface area contributed by atoms with E-state index in [2.05, 4.69) is 15.3 Å². The van der Waals surface area contributed by atoms with E-state index in [1.165, 1.54) is 4.31 Å². The third kappa shape index (κ3) is 2.30. The van der Waals surface area contributed by atoms with Crippen molar-refractivity contribution in [2.75, 3.05) is 24.7 Å². The van der Waals surface area contributed by atoms with E-state index in [1.807, 2.05) is 0 Å². The quantitative estimate of drug-likeness (QED) is 0.811. The van der Waals surface area contributed by atoms with Crippen molar-refractivity contribution in [2.45, 2.75) is 13.0 Å². The van der Waals surface area contributed by atoms with E-state index in [1.54, 1.807) is 19.4 Å². The number of anilines is 1. The largest absolute Gasteiger partial charge is 0.372 e. The molecule has 16 heavy (non-hydrogen) atoms. The molecule has 2 heterocycles. The summed E-state index contributed by atoms with van der Waals surface area (Å²) in [6.07, 6.45) is 3.89. The average Bonchev–Trinajstić information content (AvgIpc) is 2.59. The Kier molecular flexibility index (Phi) is 3.06. The van der Waals surface area contributed by atoms with E-state index in [0.29, 0.717) is 31.0 Å². The molecule has 1 N–H and O–H groups in total. The van der Waals surface area contributed by atoms with E-state index in [-0.39, 0.29) is 5.75 Å². The molecule has 1 fully saturated rings. The van der Waals surface area contributed by atoms with Crippen molar-refractivity contribution in [3.63, 3.8) is 0 Å². The van der Waals surface area contributed by atoms with Crippen molar-refractivity contribution in [3.05, 3.63) is 18.1 Å². The van der Waals surface area contributed by atoms with E-state index in [9.17, 15) is 8.42 Å². The molecule has 0 bridgehead atoms. The molecule has 2 rings (SSSR count). The summed E-state index contributed by atoms with van der Waals surface area (Å²) in [7, 11) is -1.29. The summed E-state index contributed by atoms with van der Waals surface area (Å²) < 4.78 is 24.6. The highest BCUT2D eigenvalue weighted by Gasteiger charge is 2.28. The monoisotopic (exact) mass is 242 g/mol. The van der Waals surface area contributed by atoms with Crippen LogP contribution in [0.1, 0.15) is 12.1 Å². The molecule has 0 saturated carbocycles. The molecule has 1 aromatic heterocycles. The lowest BCUT2D eigenvalue weighted by atomic mass is 10.4. The minimum absolute atomic E-state index is 0.245. The van der Waals surface area contributed by atoms with Gasteiger partial charge in [-0.2, -0.15) is 4.31 Å². The molecule has 0 atom stereocenters. The normalized spacial score (nSPS) is 19.8. The maximum absolute atomic E-state index is 11.6. The summed E-state index contributed by atoms with van der Waals surface area (Å²) >= 11 is 0. The maximum Gasteiger partial charge on any atom is 0.214 e. The van der Waals surface area contributed by atoms with E-state index >= 15 is 0 Å². The molecule has 6 nitrogen and oxygen atoms in total. The Hall–Kier alpha value is -1.21. The summed E-state index contributed by atoms with van der Waals surface area (Å²) in [5.74, 6) is 0.919. The van der Waals surface area contributed by atoms with Crippen LogP contribution in [0.2, 0.25) is 0 Å². The van der Waals surface area contributed by atoms with Gasteiger partial charge in [-0.1, -0.05) is 0 Å². The third-order valence-corrected chi connectivity index (χ3v) is 4.41. The van der Waals surface area contributed by atoms with E-state index in [4.69, 9.17) is 0 Å². The summed E-state index contributed by atoms with van der Waals surface area (Å²) in [5, 5.41) is 2.86. The first-order valence-corrected chi connectivity index (χ1v) is 6.69. The lowest BCUT2D eigenvalue weighted by molar-refractivity contribution is 0.434. The van der Waals surface area contributed by atoms with Crippen molar-refractivity contribution < 1.29 is 8.42 Å². The van der Waals surface area contributed by atoms with Crippen molar-refractivity contribution in [1.29, 1.82) is 0 Å². The van der Waals surface area contributed by atoms with Gasteiger partial charge in [-0.3, -0.25) is 4.98 Å². The van der Waals surface area contributed by atoms with Crippen molar-refractivity contribution in [3.8, 4) is 0 Å². The molecule has 0 aromatic carbocycles. The molecule has 0 aliphatic carbocycles. The minimum atomic E-state index is -3.05. The van der Waals surface area contributed by atoms with Gasteiger partial charge >= 0.3 is 0 Å². The summed E-state index contributed by atoms with van der Waals surface area (Å²) in [6, 6.07) is 0. The van der Waals surface area contributed by atoms with Crippen LogP contribution in [0, 0.1) is 0 Å². The van der Waals surface area contributed by atoms with Crippen LogP contribution in [0.25, 0.3) is 0 Å². The van der Waals surface area contributed by atoms with Gasteiger partial charge in [0.2, 0.25) is 10.0 Å². The first-order chi connectivity index (χ1) is 7.62. The zero-order valence-corrected chi connectivity index (χ0v) is 9.87. The van der Waals surface area contributed by atoms with Gasteiger partial charge in [0.1, 0.15) is 5.82 Å². The van der Waals surface area contributed by atoms with Gasteiger partial charge in [0.15, 0.2) is 0 Å². The van der Waals surface area contributed by atoms with Gasteiger partial charge < -0.3 is 5.32 Å². The molecule has 7 heteroatoms. The Morgan fingerprint density at radius 1 is 1.44 bits per heavy atom. The second-order valence-corrected chi connectivity index (χ2v) is 5.73. The number of sulfonamides is 1. The lowest BCUT2D eigenvalue weighted by Crippen LogP contribution is -2.25. The van der Waals surface area contributed by atoms with Gasteiger partial charge in [0.05, 0.1) is 30.4 Å². The highest BCUT2D eigenvalue weighted by Crippen LogP contribution is 2.16. The Bertz CT molecular complexity index is 457. The first-order valence-electron chi connectivity index (χ1n) is 5.08. The van der Waals surface area contributed by atoms with Crippen molar-refractivity contribution >= 4 is 15.8 Å². The summed E-state index contributed by atoms with van der Waals surface area (Å²) in [5.41, 5.74) is 0.671. The van der Waals surface area contributed by atoms with Crippen LogP contribution in [-0.4, -0.2) is 42.0 Å². The standard InChI is InChI=1S/C9H14N4O2S/c1-10-9-6-11-8(5-12-9)7-13-3-2-4-16(13,14)15/h5-6H,2-4,7H2,1H3,(H,10,12). The predicted molar refractivity (Wildman–Crippen MR) is 60.4 cm³/mol. The van der Waals surface area contributed by atoms with Crippen molar-refractivity contribution in [2.24, 2.45) is 0 Å². The smallest absolute Gasteiger partial charge is 0.214 e. The first kappa shape index (κ1) is 11.3. The van der Waals surface area contributed by atoms with Gasteiger partial charge in [0.25, 0.3) is 0 Å². The third-order valence-electron chi connectivity index (χ3n) is 2.50. The Morgan fingerprint density at radius 3 is 2.75 bits per heavy atom. The Morgan fingerprint density at radius 2 is 2.25 bits per heavy atom. The number of rotatable bonds is 3. The van der Waals surface area contributed by atoms with Crippen molar-refractivity contribution in [1.82, 2.24) is 14.3 Å². The minimum Gasteiger partial charge on any atom is -0.372 e. The zero-order valence-electron chi connectivity index (χ0n) is 9.05. The summed E-state index contributed by atoms with van der Waals surface area (Å²) in [4.78, 5) is 8.24. The molecule has 1 aliphatic rings. The van der Waals surface area contributed by atoms with Crippen LogP contribution >= 0.6 is 0 Å². The number of hydrogen-bond donors (Lipinski definition) is 1. The fourth-order valence-corrected chi connectivity index (χ4v) is 3.10. The van der Waals surface area contributed by atoms with Crippen LogP contribution in [0.5, 0.6) is 0 Å². The lowest BCUT2D eigenvalue weighted by Gasteiger charge is -2.13. The van der Waals surface area contributed by atoms with Crippen LogP contribution in [0.4, 0.5) is 5.82 Å². The van der Waals surface area contributed by atoms with Crippen LogP contribution in [0.3, 0.4) is 0 Å². The van der Waals surface area contributed by atoms with Gasteiger partial charge in [0, 0.05) is 13.6 Å². The molecule has 0 spiro atoms. The summed E-state index contributed by atoms with van der Waals surface area (Å²) in [6.45, 7) is 0.900. The fourth-order valence-electron chi connectivity index (χ4n) is 1.62. The topological polar surface area (TPSA) is 75.2 Å². The number of nitrogens with one attached hydrogen (secondary N) is 1. The second kappa shape index (κ2) is 4.34. The zero-order chi connectivity index (χ0) is 11.6. The molecular weight excluding hydrogens is 228 g/mol. The molecule has 1 aliphatic heterocycles. The number of nitrogens with zero attached hydrogens (tertiary/aromatic N) is 3. The van der Waals surface area contributed by atoms with Crippen LogP contribution in [-0.2, 0) is 16.6 Å². The highest BCUT2D eigenvalue weighted by atomic mass is 32.2. The average molecular weight is 242 g/mol. The Balaban J connectivity index is 2.09. The number of aromatic nitrogens is 2.